The number of nitrogens with two attached hydrogens (primary N) is 1. The average Bonchev–Trinajstić information content (AvgIpc) is 3.20. The Morgan fingerprint density at radius 3 is 2.39 bits per heavy atom. The van der Waals surface area contributed by atoms with E-state index < -0.39 is 10.0 Å². The summed E-state index contributed by atoms with van der Waals surface area (Å²) in [5.41, 5.74) is 3.13. The maximum Gasteiger partial charge on any atom is 0.282 e. The zero-order valence-corrected chi connectivity index (χ0v) is 19.2. The standard InChI is InChI=1S/C21H25N5O3S2/c1-14-4-6-16(7-5-14)12-23-20(27)21-25-24-19(30-21)13-26(3)15(2)17-8-10-18(11-9-17)31(22,28)29/h4-11,15H,12-13H2,1-3H3,(H,23,27)(H2,22,28,29). The number of rotatable bonds is 8. The highest BCUT2D eigenvalue weighted by atomic mass is 32.2. The van der Waals surface area contributed by atoms with Crippen molar-refractivity contribution in [1.29, 1.82) is 0 Å². The molecule has 1 amide bonds. The van der Waals surface area contributed by atoms with Crippen molar-refractivity contribution in [2.75, 3.05) is 7.05 Å². The van der Waals surface area contributed by atoms with Gasteiger partial charge < -0.3 is 5.32 Å². The smallest absolute Gasteiger partial charge is 0.282 e. The molecule has 3 N–H and O–H groups in total. The number of nitrogens with one attached hydrogen (secondary N) is 1. The number of carbonyl (C=O) groups excluding carboxylic acids is 1. The van der Waals surface area contributed by atoms with Crippen molar-refractivity contribution in [3.05, 3.63) is 75.2 Å². The number of carbonyl (C=O) groups is 1. The molecule has 8 nitrogen and oxygen atoms in total. The molecule has 1 unspecified atom stereocenters. The molecule has 0 spiro atoms. The Bertz CT molecular complexity index is 1140. The number of sulfonamides is 1. The molecule has 1 atom stereocenters. The maximum atomic E-state index is 12.4. The van der Waals surface area contributed by atoms with E-state index in [9.17, 15) is 13.2 Å². The maximum absolute atomic E-state index is 12.4. The third kappa shape index (κ3) is 6.17. The van der Waals surface area contributed by atoms with Gasteiger partial charge in [-0.05, 0) is 44.2 Å². The Kier molecular flexibility index (Phi) is 7.16. The van der Waals surface area contributed by atoms with Crippen LogP contribution in [0.3, 0.4) is 0 Å². The van der Waals surface area contributed by atoms with E-state index in [2.05, 4.69) is 15.5 Å². The summed E-state index contributed by atoms with van der Waals surface area (Å²) in [4.78, 5) is 14.5. The van der Waals surface area contributed by atoms with Crippen molar-refractivity contribution in [3.63, 3.8) is 0 Å². The molecule has 31 heavy (non-hydrogen) atoms. The summed E-state index contributed by atoms with van der Waals surface area (Å²) >= 11 is 1.25. The predicted octanol–water partition coefficient (Wildman–Crippen LogP) is 2.62. The van der Waals surface area contributed by atoms with Crippen LogP contribution >= 0.6 is 11.3 Å². The third-order valence-electron chi connectivity index (χ3n) is 4.97. The van der Waals surface area contributed by atoms with Crippen LogP contribution in [0, 0.1) is 6.92 Å². The number of amides is 1. The molecule has 0 saturated heterocycles. The second-order valence-corrected chi connectivity index (χ2v) is 10.00. The summed E-state index contributed by atoms with van der Waals surface area (Å²) in [7, 11) is -1.78. The lowest BCUT2D eigenvalue weighted by Crippen LogP contribution is -2.22. The Balaban J connectivity index is 1.57. The number of nitrogens with zero attached hydrogens (tertiary/aromatic N) is 3. The van der Waals surface area contributed by atoms with Crippen LogP contribution in [0.5, 0.6) is 0 Å². The van der Waals surface area contributed by atoms with E-state index in [-0.39, 0.29) is 16.8 Å². The topological polar surface area (TPSA) is 118 Å². The van der Waals surface area contributed by atoms with E-state index in [1.807, 2.05) is 50.1 Å². The molecular formula is C21H25N5O3S2. The average molecular weight is 460 g/mol. The van der Waals surface area contributed by atoms with Crippen LogP contribution in [0.15, 0.2) is 53.4 Å². The first-order valence-electron chi connectivity index (χ1n) is 9.62. The highest BCUT2D eigenvalue weighted by Gasteiger charge is 2.18. The van der Waals surface area contributed by atoms with E-state index in [1.54, 1.807) is 12.1 Å². The lowest BCUT2D eigenvalue weighted by atomic mass is 10.1. The fourth-order valence-corrected chi connectivity index (χ4v) is 4.25. The Labute approximate surface area is 186 Å². The molecule has 1 heterocycles. The van der Waals surface area contributed by atoms with Gasteiger partial charge in [0.2, 0.25) is 15.0 Å². The van der Waals surface area contributed by atoms with Gasteiger partial charge in [0, 0.05) is 12.6 Å². The van der Waals surface area contributed by atoms with Crippen LogP contribution in [-0.4, -0.2) is 36.5 Å². The second kappa shape index (κ2) is 9.65. The SMILES string of the molecule is Cc1ccc(CNC(=O)c2nnc(CN(C)C(C)c3ccc(S(N)(=O)=O)cc3)s2)cc1. The van der Waals surface area contributed by atoms with E-state index in [0.717, 1.165) is 16.1 Å². The third-order valence-corrected chi connectivity index (χ3v) is 6.81. The Morgan fingerprint density at radius 1 is 1.13 bits per heavy atom. The van der Waals surface area contributed by atoms with Crippen LogP contribution in [-0.2, 0) is 23.1 Å². The van der Waals surface area contributed by atoms with Gasteiger partial charge in [0.25, 0.3) is 5.91 Å². The van der Waals surface area contributed by atoms with E-state index in [1.165, 1.54) is 29.0 Å². The molecule has 0 saturated carbocycles. The predicted molar refractivity (Wildman–Crippen MR) is 120 cm³/mol. The van der Waals surface area contributed by atoms with Gasteiger partial charge >= 0.3 is 0 Å². The molecule has 0 bridgehead atoms. The van der Waals surface area contributed by atoms with Crippen molar-refractivity contribution in [2.24, 2.45) is 5.14 Å². The van der Waals surface area contributed by atoms with Gasteiger partial charge in [-0.3, -0.25) is 9.69 Å². The summed E-state index contributed by atoms with van der Waals surface area (Å²) in [5, 5.41) is 17.2. The fourth-order valence-electron chi connectivity index (χ4n) is 2.91. The summed E-state index contributed by atoms with van der Waals surface area (Å²) in [6.07, 6.45) is 0. The van der Waals surface area contributed by atoms with E-state index in [4.69, 9.17) is 5.14 Å². The highest BCUT2D eigenvalue weighted by molar-refractivity contribution is 7.89. The molecule has 3 rings (SSSR count). The van der Waals surface area contributed by atoms with Gasteiger partial charge in [-0.25, -0.2) is 13.6 Å². The minimum atomic E-state index is -3.71. The van der Waals surface area contributed by atoms with Gasteiger partial charge in [0.15, 0.2) is 0 Å². The number of benzene rings is 2. The van der Waals surface area contributed by atoms with E-state index >= 15 is 0 Å². The quantitative estimate of drug-likeness (QED) is 0.535. The Hall–Kier alpha value is -2.66. The fraction of sp³-hybridized carbons (Fsp3) is 0.286. The molecule has 164 valence electrons. The number of aromatic nitrogens is 2. The van der Waals surface area contributed by atoms with Crippen molar-refractivity contribution in [1.82, 2.24) is 20.4 Å². The summed E-state index contributed by atoms with van der Waals surface area (Å²) < 4.78 is 22.8. The van der Waals surface area contributed by atoms with Gasteiger partial charge in [0.05, 0.1) is 11.4 Å². The van der Waals surface area contributed by atoms with Crippen LogP contribution < -0.4 is 10.5 Å². The minimum Gasteiger partial charge on any atom is -0.346 e. The van der Waals surface area contributed by atoms with Gasteiger partial charge in [-0.2, -0.15) is 0 Å². The lowest BCUT2D eigenvalue weighted by molar-refractivity contribution is 0.0950. The van der Waals surface area contributed by atoms with Gasteiger partial charge in [-0.1, -0.05) is 53.3 Å². The number of primary sulfonamides is 1. The number of hydrogen-bond acceptors (Lipinski definition) is 7. The van der Waals surface area contributed by atoms with Crippen molar-refractivity contribution >= 4 is 27.3 Å². The zero-order chi connectivity index (χ0) is 22.6. The molecule has 1 aromatic heterocycles. The molecule has 10 heteroatoms. The largest absolute Gasteiger partial charge is 0.346 e. The first-order valence-corrected chi connectivity index (χ1v) is 12.0. The van der Waals surface area contributed by atoms with Crippen LogP contribution in [0.2, 0.25) is 0 Å². The molecule has 2 aromatic carbocycles. The molecule has 3 aromatic rings. The van der Waals surface area contributed by atoms with Crippen molar-refractivity contribution in [2.45, 2.75) is 37.9 Å². The first-order chi connectivity index (χ1) is 14.6. The number of aryl methyl sites for hydroxylation is 1. The van der Waals surface area contributed by atoms with Crippen LogP contribution in [0.25, 0.3) is 0 Å². The monoisotopic (exact) mass is 459 g/mol. The first kappa shape index (κ1) is 23.0. The molecule has 0 aliphatic carbocycles. The molecule has 0 aliphatic heterocycles. The normalized spacial score (nSPS) is 12.7. The van der Waals surface area contributed by atoms with Gasteiger partial charge in [-0.15, -0.1) is 10.2 Å². The lowest BCUT2D eigenvalue weighted by Gasteiger charge is -2.24. The Morgan fingerprint density at radius 2 is 1.77 bits per heavy atom. The summed E-state index contributed by atoms with van der Waals surface area (Å²) in [5.74, 6) is -0.251. The van der Waals surface area contributed by atoms with Crippen molar-refractivity contribution in [3.8, 4) is 0 Å². The molecular weight excluding hydrogens is 434 g/mol. The van der Waals surface area contributed by atoms with Gasteiger partial charge in [0.1, 0.15) is 5.01 Å². The highest BCUT2D eigenvalue weighted by Crippen LogP contribution is 2.23. The number of hydrogen-bond donors (Lipinski definition) is 2. The molecule has 0 radical (unpaired) electrons. The second-order valence-electron chi connectivity index (χ2n) is 7.37. The van der Waals surface area contributed by atoms with Crippen LogP contribution in [0.4, 0.5) is 0 Å². The molecule has 0 aliphatic rings. The van der Waals surface area contributed by atoms with Crippen molar-refractivity contribution < 1.29 is 13.2 Å². The molecule has 0 fully saturated rings. The van der Waals surface area contributed by atoms with E-state index in [0.29, 0.717) is 18.1 Å². The summed E-state index contributed by atoms with van der Waals surface area (Å²) in [6, 6.07) is 14.4. The minimum absolute atomic E-state index is 0.00255. The zero-order valence-electron chi connectivity index (χ0n) is 17.6. The van der Waals surface area contributed by atoms with Crippen LogP contribution in [0.1, 0.15) is 44.5 Å². The summed E-state index contributed by atoms with van der Waals surface area (Å²) in [6.45, 7) is 4.95.